The summed E-state index contributed by atoms with van der Waals surface area (Å²) < 4.78 is 51.0. The maximum absolute atomic E-state index is 12.1. The number of nitrogens with zero attached hydrogens (tertiary/aromatic N) is 1. The number of rotatable bonds is 9. The maximum atomic E-state index is 12.1. The molecule has 4 N–H and O–H groups in total. The summed E-state index contributed by atoms with van der Waals surface area (Å²) in [5.74, 6) is -0.501. The van der Waals surface area contributed by atoms with Gasteiger partial charge in [0.05, 0.1) is 9.82 Å². The van der Waals surface area contributed by atoms with Gasteiger partial charge in [0.1, 0.15) is 11.4 Å². The Hall–Kier alpha value is -3.32. The third-order valence-electron chi connectivity index (χ3n) is 3.53. The van der Waals surface area contributed by atoms with Crippen LogP contribution in [0.4, 0.5) is 25.8 Å². The van der Waals surface area contributed by atoms with E-state index in [4.69, 9.17) is 5.14 Å². The van der Waals surface area contributed by atoms with Gasteiger partial charge in [0.15, 0.2) is 0 Å². The van der Waals surface area contributed by atoms with Crippen molar-refractivity contribution in [2.75, 3.05) is 17.2 Å². The second kappa shape index (κ2) is 9.25. The molecule has 1 amide bonds. The highest BCUT2D eigenvalue weighted by molar-refractivity contribution is 7.89. The highest BCUT2D eigenvalue weighted by Crippen LogP contribution is 2.27. The van der Waals surface area contributed by atoms with Gasteiger partial charge in [-0.25, -0.2) is 13.6 Å². The number of sulfonamides is 1. The Kier molecular flexibility index (Phi) is 7.01. The van der Waals surface area contributed by atoms with Gasteiger partial charge in [-0.1, -0.05) is 0 Å². The molecular weight excluding hydrogens is 414 g/mol. The first-order valence-electron chi connectivity index (χ1n) is 7.96. The van der Waals surface area contributed by atoms with Crippen molar-refractivity contribution in [3.63, 3.8) is 0 Å². The standard InChI is InChI=1S/C16H16F2N4O6S/c17-16(18)28-11-3-1-10(2-4-11)21-15(23)7-8-20-13-6-5-12(29(19,26)27)9-14(13)22(24)25/h1-6,9,16,20H,7-8H2,(H,21,23)(H2,19,26,27). The number of alkyl halides is 2. The molecule has 0 unspecified atom stereocenters. The molecule has 0 aliphatic carbocycles. The first-order valence-corrected chi connectivity index (χ1v) is 9.51. The molecule has 2 rings (SSSR count). The number of carbonyl (C=O) groups excluding carboxylic acids is 1. The van der Waals surface area contributed by atoms with E-state index in [1.165, 1.54) is 30.3 Å². The summed E-state index contributed by atoms with van der Waals surface area (Å²) >= 11 is 0. The molecule has 0 fully saturated rings. The fourth-order valence-corrected chi connectivity index (χ4v) is 2.78. The topological polar surface area (TPSA) is 154 Å². The summed E-state index contributed by atoms with van der Waals surface area (Å²) in [6, 6.07) is 8.37. The van der Waals surface area contributed by atoms with E-state index in [1.54, 1.807) is 0 Å². The van der Waals surface area contributed by atoms with Gasteiger partial charge < -0.3 is 15.4 Å². The quantitative estimate of drug-likeness (QED) is 0.407. The molecule has 13 heteroatoms. The Morgan fingerprint density at radius 3 is 2.41 bits per heavy atom. The van der Waals surface area contributed by atoms with Gasteiger partial charge in [-0.3, -0.25) is 14.9 Å². The number of primary sulfonamides is 1. The smallest absolute Gasteiger partial charge is 0.387 e. The third kappa shape index (κ3) is 6.65. The van der Waals surface area contributed by atoms with Crippen LogP contribution in [-0.2, 0) is 14.8 Å². The van der Waals surface area contributed by atoms with E-state index in [0.29, 0.717) is 5.69 Å². The summed E-state index contributed by atoms with van der Waals surface area (Å²) in [7, 11) is -4.10. The van der Waals surface area contributed by atoms with Crippen LogP contribution in [0.3, 0.4) is 0 Å². The Morgan fingerprint density at radius 2 is 1.86 bits per heavy atom. The summed E-state index contributed by atoms with van der Waals surface area (Å²) in [6.07, 6.45) is -0.0800. The van der Waals surface area contributed by atoms with Crippen LogP contribution < -0.4 is 20.5 Å². The van der Waals surface area contributed by atoms with Crippen LogP contribution in [0.15, 0.2) is 47.4 Å². The fourth-order valence-electron chi connectivity index (χ4n) is 2.24. The number of anilines is 2. The normalized spacial score (nSPS) is 11.2. The SMILES string of the molecule is NS(=O)(=O)c1ccc(NCCC(=O)Nc2ccc(OC(F)F)cc2)c([N+](=O)[O-])c1. The van der Waals surface area contributed by atoms with Crippen molar-refractivity contribution < 1.29 is 31.7 Å². The molecule has 0 aliphatic heterocycles. The molecular formula is C16H16F2N4O6S. The number of carbonyl (C=O) groups is 1. The molecule has 0 aliphatic rings. The van der Waals surface area contributed by atoms with Crippen molar-refractivity contribution in [2.24, 2.45) is 5.14 Å². The van der Waals surface area contributed by atoms with Crippen LogP contribution in [0.2, 0.25) is 0 Å². The molecule has 2 aromatic carbocycles. The van der Waals surface area contributed by atoms with Crippen LogP contribution >= 0.6 is 0 Å². The average Bonchev–Trinajstić information content (AvgIpc) is 2.62. The van der Waals surface area contributed by atoms with Crippen molar-refractivity contribution in [2.45, 2.75) is 17.9 Å². The molecule has 0 bridgehead atoms. The van der Waals surface area contributed by atoms with Gasteiger partial charge in [0.25, 0.3) is 5.69 Å². The highest BCUT2D eigenvalue weighted by Gasteiger charge is 2.19. The average molecular weight is 430 g/mol. The minimum atomic E-state index is -4.10. The zero-order chi connectivity index (χ0) is 21.6. The predicted molar refractivity (Wildman–Crippen MR) is 99.3 cm³/mol. The van der Waals surface area contributed by atoms with Crippen molar-refractivity contribution >= 4 is 33.0 Å². The van der Waals surface area contributed by atoms with Gasteiger partial charge >= 0.3 is 6.61 Å². The lowest BCUT2D eigenvalue weighted by molar-refractivity contribution is -0.384. The zero-order valence-electron chi connectivity index (χ0n) is 14.7. The van der Waals surface area contributed by atoms with Crippen LogP contribution in [-0.4, -0.2) is 32.4 Å². The predicted octanol–water partition coefficient (Wildman–Crippen LogP) is 2.28. The lowest BCUT2D eigenvalue weighted by Crippen LogP contribution is -2.17. The number of nitro benzene ring substituents is 1. The van der Waals surface area contributed by atoms with Crippen molar-refractivity contribution in [3.05, 3.63) is 52.6 Å². The number of nitro groups is 1. The van der Waals surface area contributed by atoms with Gasteiger partial charge in [0, 0.05) is 24.7 Å². The summed E-state index contributed by atoms with van der Waals surface area (Å²) in [6.45, 7) is -2.95. The van der Waals surface area contributed by atoms with Crippen molar-refractivity contribution in [1.29, 1.82) is 0 Å². The molecule has 0 saturated carbocycles. The molecule has 156 valence electrons. The lowest BCUT2D eigenvalue weighted by Gasteiger charge is -2.09. The minimum Gasteiger partial charge on any atom is -0.435 e. The number of nitrogens with one attached hydrogen (secondary N) is 2. The van der Waals surface area contributed by atoms with E-state index in [-0.39, 0.29) is 24.4 Å². The fraction of sp³-hybridized carbons (Fsp3) is 0.188. The van der Waals surface area contributed by atoms with E-state index in [9.17, 15) is 32.1 Å². The van der Waals surface area contributed by atoms with Crippen LogP contribution in [0.25, 0.3) is 0 Å². The second-order valence-corrected chi connectivity index (χ2v) is 7.17. The number of hydrogen-bond acceptors (Lipinski definition) is 7. The molecule has 10 nitrogen and oxygen atoms in total. The van der Waals surface area contributed by atoms with E-state index >= 15 is 0 Å². The van der Waals surface area contributed by atoms with Gasteiger partial charge in [0.2, 0.25) is 15.9 Å². The first-order chi connectivity index (χ1) is 13.6. The van der Waals surface area contributed by atoms with Gasteiger partial charge in [-0.2, -0.15) is 8.78 Å². The molecule has 0 spiro atoms. The molecule has 0 aromatic heterocycles. The van der Waals surface area contributed by atoms with Crippen molar-refractivity contribution in [3.8, 4) is 5.75 Å². The number of benzene rings is 2. The van der Waals surface area contributed by atoms with Crippen molar-refractivity contribution in [1.82, 2.24) is 0 Å². The number of ether oxygens (including phenoxy) is 1. The van der Waals surface area contributed by atoms with Crippen LogP contribution in [0, 0.1) is 10.1 Å². The number of nitrogens with two attached hydrogens (primary N) is 1. The molecule has 29 heavy (non-hydrogen) atoms. The Labute approximate surface area is 163 Å². The van der Waals surface area contributed by atoms with E-state index in [2.05, 4.69) is 15.4 Å². The van der Waals surface area contributed by atoms with E-state index in [1.807, 2.05) is 0 Å². The van der Waals surface area contributed by atoms with E-state index < -0.39 is 38.0 Å². The zero-order valence-corrected chi connectivity index (χ0v) is 15.5. The Morgan fingerprint density at radius 1 is 1.21 bits per heavy atom. The summed E-state index contributed by atoms with van der Waals surface area (Å²) in [5, 5.41) is 21.3. The largest absolute Gasteiger partial charge is 0.435 e. The monoisotopic (exact) mass is 430 g/mol. The molecule has 0 radical (unpaired) electrons. The molecule has 0 saturated heterocycles. The number of amides is 1. The van der Waals surface area contributed by atoms with Gasteiger partial charge in [-0.15, -0.1) is 0 Å². The molecule has 0 atom stereocenters. The molecule has 0 heterocycles. The third-order valence-corrected chi connectivity index (χ3v) is 4.44. The number of halogens is 2. The lowest BCUT2D eigenvalue weighted by atomic mass is 10.2. The number of hydrogen-bond donors (Lipinski definition) is 3. The minimum absolute atomic E-state index is 0.00791. The van der Waals surface area contributed by atoms with Gasteiger partial charge in [-0.05, 0) is 36.4 Å². The first kappa shape index (κ1) is 22.0. The summed E-state index contributed by atoms with van der Waals surface area (Å²) in [5.41, 5.74) is -0.143. The van der Waals surface area contributed by atoms with Crippen LogP contribution in [0.1, 0.15) is 6.42 Å². The second-order valence-electron chi connectivity index (χ2n) is 5.61. The highest BCUT2D eigenvalue weighted by atomic mass is 32.2. The maximum Gasteiger partial charge on any atom is 0.387 e. The van der Waals surface area contributed by atoms with E-state index in [0.717, 1.165) is 12.1 Å². The summed E-state index contributed by atoms with van der Waals surface area (Å²) in [4.78, 5) is 21.9. The molecule has 2 aromatic rings. The Balaban J connectivity index is 1.94. The van der Waals surface area contributed by atoms with Crippen LogP contribution in [0.5, 0.6) is 5.75 Å². The Bertz CT molecular complexity index is 999.